The zero-order valence-corrected chi connectivity index (χ0v) is 22.8. The number of aryl methyl sites for hydroxylation is 1. The average molecular weight is 541 g/mol. The SMILES string of the molecule is C[C@@H]1[C@@H](C(C)(C)F)[C@H](CCn2cc([C@H](O)c3ccccc3)nn2)O[C@@]12C(=O)N(c1ccccc1)c1ccccc12. The number of carbonyl (C=O) groups is 1. The number of anilines is 2. The average Bonchev–Trinajstić information content (AvgIpc) is 3.62. The van der Waals surface area contributed by atoms with E-state index < -0.39 is 35.3 Å². The number of rotatable bonds is 7. The minimum atomic E-state index is -1.60. The van der Waals surface area contributed by atoms with E-state index in [1.165, 1.54) is 0 Å². The summed E-state index contributed by atoms with van der Waals surface area (Å²) < 4.78 is 24.3. The van der Waals surface area contributed by atoms with Crippen LogP contribution >= 0.6 is 0 Å². The van der Waals surface area contributed by atoms with E-state index in [1.807, 2.05) is 91.9 Å². The van der Waals surface area contributed by atoms with E-state index in [9.17, 15) is 9.90 Å². The van der Waals surface area contributed by atoms with Crippen LogP contribution in [0.4, 0.5) is 15.8 Å². The monoisotopic (exact) mass is 540 g/mol. The number of para-hydroxylation sites is 2. The van der Waals surface area contributed by atoms with Crippen LogP contribution in [0, 0.1) is 11.8 Å². The van der Waals surface area contributed by atoms with Crippen LogP contribution in [0.2, 0.25) is 0 Å². The molecule has 2 aliphatic heterocycles. The fourth-order valence-corrected chi connectivity index (χ4v) is 6.64. The number of aliphatic hydroxyl groups excluding tert-OH is 1. The van der Waals surface area contributed by atoms with Crippen LogP contribution < -0.4 is 4.90 Å². The minimum absolute atomic E-state index is 0.196. The molecule has 3 heterocycles. The maximum absolute atomic E-state index is 15.9. The van der Waals surface area contributed by atoms with Gasteiger partial charge < -0.3 is 9.84 Å². The molecule has 8 heteroatoms. The smallest absolute Gasteiger partial charge is 0.268 e. The Balaban J connectivity index is 1.30. The summed E-state index contributed by atoms with van der Waals surface area (Å²) in [5.74, 6) is -1.16. The molecule has 206 valence electrons. The lowest BCUT2D eigenvalue weighted by Gasteiger charge is -2.32. The van der Waals surface area contributed by atoms with E-state index in [1.54, 1.807) is 29.6 Å². The van der Waals surface area contributed by atoms with Crippen LogP contribution in [0.25, 0.3) is 0 Å². The van der Waals surface area contributed by atoms with Gasteiger partial charge in [-0.1, -0.05) is 78.9 Å². The number of aromatic nitrogens is 3. The summed E-state index contributed by atoms with van der Waals surface area (Å²) in [4.78, 5) is 16.0. The molecule has 7 nitrogen and oxygen atoms in total. The number of benzene rings is 3. The number of aliphatic hydroxyl groups is 1. The third-order valence-corrected chi connectivity index (χ3v) is 8.39. The fourth-order valence-electron chi connectivity index (χ4n) is 6.64. The van der Waals surface area contributed by atoms with E-state index in [4.69, 9.17) is 4.74 Å². The number of hydrogen-bond donors (Lipinski definition) is 1. The second-order valence-corrected chi connectivity index (χ2v) is 11.3. The van der Waals surface area contributed by atoms with Gasteiger partial charge in [-0.05, 0) is 44.0 Å². The molecule has 4 aromatic rings. The highest BCUT2D eigenvalue weighted by Crippen LogP contribution is 2.59. The van der Waals surface area contributed by atoms with Crippen LogP contribution in [-0.4, -0.2) is 37.8 Å². The standard InChI is InChI=1S/C32H33FN4O3/c1-21-28(31(2,3)33)27(18-19-36-20-25(34-35-36)29(38)22-12-6-4-7-13-22)40-32(21)24-16-10-11-17-26(24)37(30(32)39)23-14-8-5-9-15-23/h4-17,20-21,27-29,38H,18-19H2,1-3H3/t21-,27+,28-,29-,32+/m1/s1. The van der Waals surface area contributed by atoms with Gasteiger partial charge in [-0.25, -0.2) is 4.39 Å². The lowest BCUT2D eigenvalue weighted by Crippen LogP contribution is -2.44. The van der Waals surface area contributed by atoms with Gasteiger partial charge in [-0.3, -0.25) is 14.4 Å². The molecular weight excluding hydrogens is 507 g/mol. The molecule has 40 heavy (non-hydrogen) atoms. The molecule has 3 aromatic carbocycles. The van der Waals surface area contributed by atoms with E-state index in [-0.39, 0.29) is 5.91 Å². The molecule has 1 N–H and O–H groups in total. The van der Waals surface area contributed by atoms with Crippen molar-refractivity contribution in [2.45, 2.75) is 57.2 Å². The zero-order valence-electron chi connectivity index (χ0n) is 22.8. The van der Waals surface area contributed by atoms with Crippen molar-refractivity contribution in [2.24, 2.45) is 11.8 Å². The third kappa shape index (κ3) is 4.22. The van der Waals surface area contributed by atoms with Gasteiger partial charge in [0.15, 0.2) is 5.60 Å². The van der Waals surface area contributed by atoms with Gasteiger partial charge in [0.1, 0.15) is 17.5 Å². The van der Waals surface area contributed by atoms with Crippen LogP contribution in [0.15, 0.2) is 91.1 Å². The fraction of sp³-hybridized carbons (Fsp3) is 0.344. The molecule has 1 fully saturated rings. The lowest BCUT2D eigenvalue weighted by molar-refractivity contribution is -0.145. The quantitative estimate of drug-likeness (QED) is 0.324. The van der Waals surface area contributed by atoms with E-state index in [2.05, 4.69) is 10.3 Å². The Morgan fingerprint density at radius 3 is 2.38 bits per heavy atom. The van der Waals surface area contributed by atoms with Crippen molar-refractivity contribution in [3.63, 3.8) is 0 Å². The van der Waals surface area contributed by atoms with Crippen molar-refractivity contribution in [1.29, 1.82) is 0 Å². The van der Waals surface area contributed by atoms with Gasteiger partial charge in [-0.2, -0.15) is 0 Å². The van der Waals surface area contributed by atoms with Crippen molar-refractivity contribution in [3.8, 4) is 0 Å². The number of hydrogen-bond acceptors (Lipinski definition) is 5. The molecular formula is C32H33FN4O3. The first-order valence-corrected chi connectivity index (χ1v) is 13.7. The van der Waals surface area contributed by atoms with Crippen LogP contribution in [0.5, 0.6) is 0 Å². The summed E-state index contributed by atoms with van der Waals surface area (Å²) in [6, 6.07) is 26.4. The molecule has 0 radical (unpaired) electrons. The van der Waals surface area contributed by atoms with Crippen molar-refractivity contribution in [1.82, 2.24) is 15.0 Å². The molecule has 1 saturated heterocycles. The Hall–Kier alpha value is -3.88. The summed E-state index contributed by atoms with van der Waals surface area (Å²) in [5.41, 5.74) is 0.537. The van der Waals surface area contributed by atoms with Crippen molar-refractivity contribution < 1.29 is 19.0 Å². The Morgan fingerprint density at radius 2 is 1.68 bits per heavy atom. The molecule has 1 spiro atoms. The number of nitrogens with zero attached hydrogens (tertiary/aromatic N) is 4. The minimum Gasteiger partial charge on any atom is -0.382 e. The summed E-state index contributed by atoms with van der Waals surface area (Å²) in [5, 5.41) is 19.1. The largest absolute Gasteiger partial charge is 0.382 e. The van der Waals surface area contributed by atoms with Gasteiger partial charge in [0.2, 0.25) is 0 Å². The first kappa shape index (κ1) is 26.3. The lowest BCUT2D eigenvalue weighted by atomic mass is 9.71. The second-order valence-electron chi connectivity index (χ2n) is 11.3. The predicted molar refractivity (Wildman–Crippen MR) is 150 cm³/mol. The highest BCUT2D eigenvalue weighted by molar-refractivity contribution is 6.12. The number of amides is 1. The Bertz CT molecular complexity index is 1500. The van der Waals surface area contributed by atoms with Crippen molar-refractivity contribution in [3.05, 3.63) is 108 Å². The highest BCUT2D eigenvalue weighted by Gasteiger charge is 2.66. The van der Waals surface area contributed by atoms with E-state index in [0.29, 0.717) is 18.7 Å². The molecule has 0 bridgehead atoms. The molecule has 1 aromatic heterocycles. The van der Waals surface area contributed by atoms with Gasteiger partial charge >= 0.3 is 0 Å². The van der Waals surface area contributed by atoms with Crippen molar-refractivity contribution in [2.75, 3.05) is 4.90 Å². The molecule has 5 atom stereocenters. The Labute approximate surface area is 233 Å². The van der Waals surface area contributed by atoms with Gasteiger partial charge in [0.25, 0.3) is 5.91 Å². The normalized spacial score (nSPS) is 25.0. The van der Waals surface area contributed by atoms with Gasteiger partial charge in [0.05, 0.1) is 18.0 Å². The van der Waals surface area contributed by atoms with Crippen LogP contribution in [-0.2, 0) is 21.7 Å². The first-order chi connectivity index (χ1) is 19.2. The third-order valence-electron chi connectivity index (χ3n) is 8.39. The van der Waals surface area contributed by atoms with E-state index in [0.717, 1.165) is 22.5 Å². The maximum Gasteiger partial charge on any atom is 0.268 e. The number of alkyl halides is 1. The number of halogens is 1. The van der Waals surface area contributed by atoms with Crippen molar-refractivity contribution >= 4 is 17.3 Å². The Kier molecular flexibility index (Phi) is 6.55. The Morgan fingerprint density at radius 1 is 1.02 bits per heavy atom. The number of carbonyl (C=O) groups excluding carboxylic acids is 1. The zero-order chi connectivity index (χ0) is 28.1. The molecule has 6 rings (SSSR count). The predicted octanol–water partition coefficient (Wildman–Crippen LogP) is 5.72. The highest BCUT2D eigenvalue weighted by atomic mass is 19.1. The van der Waals surface area contributed by atoms with Crippen LogP contribution in [0.3, 0.4) is 0 Å². The number of fused-ring (bicyclic) bond motifs is 2. The molecule has 0 saturated carbocycles. The summed E-state index contributed by atoms with van der Waals surface area (Å²) in [6.45, 7) is 5.45. The summed E-state index contributed by atoms with van der Waals surface area (Å²) >= 11 is 0. The van der Waals surface area contributed by atoms with Gasteiger partial charge in [0, 0.05) is 29.6 Å². The molecule has 0 aliphatic carbocycles. The van der Waals surface area contributed by atoms with E-state index >= 15 is 4.39 Å². The summed E-state index contributed by atoms with van der Waals surface area (Å²) in [7, 11) is 0. The second kappa shape index (κ2) is 9.94. The summed E-state index contributed by atoms with van der Waals surface area (Å²) in [6.07, 6.45) is 0.688. The molecule has 0 unspecified atom stereocenters. The first-order valence-electron chi connectivity index (χ1n) is 13.7. The molecule has 2 aliphatic rings. The maximum atomic E-state index is 15.9. The topological polar surface area (TPSA) is 80.5 Å². The van der Waals surface area contributed by atoms with Gasteiger partial charge in [-0.15, -0.1) is 5.10 Å². The molecule has 1 amide bonds. The number of ether oxygens (including phenoxy) is 1. The van der Waals surface area contributed by atoms with Crippen LogP contribution in [0.1, 0.15) is 50.1 Å².